The van der Waals surface area contributed by atoms with Crippen molar-refractivity contribution in [2.45, 2.75) is 38.3 Å². The van der Waals surface area contributed by atoms with Crippen molar-refractivity contribution in [2.75, 3.05) is 52.6 Å². The van der Waals surface area contributed by atoms with E-state index in [9.17, 15) is 18.0 Å². The number of piperazine rings is 1. The number of halogens is 1. The Morgan fingerprint density at radius 1 is 1.15 bits per heavy atom. The molecule has 0 N–H and O–H groups in total. The highest BCUT2D eigenvalue weighted by Gasteiger charge is 2.57. The van der Waals surface area contributed by atoms with E-state index in [4.69, 9.17) is 0 Å². The van der Waals surface area contributed by atoms with E-state index in [2.05, 4.69) is 16.8 Å². The first kappa shape index (κ1) is 22.4. The second kappa shape index (κ2) is 8.63. The molecule has 0 spiro atoms. The number of likely N-dealkylation sites (tertiary alicyclic amines) is 1. The van der Waals surface area contributed by atoms with Gasteiger partial charge in [-0.1, -0.05) is 13.3 Å². The first-order valence-electron chi connectivity index (χ1n) is 9.47. The van der Waals surface area contributed by atoms with Crippen LogP contribution in [0.15, 0.2) is 0 Å². The summed E-state index contributed by atoms with van der Waals surface area (Å²) in [5, 5.41) is 0. The standard InChI is InChI=1S/C17H30N4O4S.ClH/c1-4-5-13-16-14(21(17(13)23)26(3,24)25)6-7-20(16)15(22)12-19-10-8-18(2)9-11-19;/h13-14,16H,4-12H2,1-3H3;1H/t13-,14+,16-;/m1./s1. The van der Waals surface area contributed by atoms with E-state index in [-0.39, 0.29) is 30.3 Å². The number of hydrogen-bond acceptors (Lipinski definition) is 6. The molecule has 0 aromatic carbocycles. The number of rotatable bonds is 5. The minimum atomic E-state index is -3.61. The molecule has 2 amide bonds. The molecule has 0 unspecified atom stereocenters. The molecule has 0 aromatic heterocycles. The molecule has 156 valence electrons. The van der Waals surface area contributed by atoms with E-state index >= 15 is 0 Å². The van der Waals surface area contributed by atoms with Gasteiger partial charge in [-0.05, 0) is 19.9 Å². The molecule has 0 radical (unpaired) electrons. The van der Waals surface area contributed by atoms with Gasteiger partial charge in [0.1, 0.15) is 0 Å². The van der Waals surface area contributed by atoms with Crippen LogP contribution in [0, 0.1) is 5.92 Å². The maximum absolute atomic E-state index is 12.9. The van der Waals surface area contributed by atoms with Crippen LogP contribution in [-0.4, -0.2) is 104 Å². The third-order valence-corrected chi connectivity index (χ3v) is 7.07. The summed E-state index contributed by atoms with van der Waals surface area (Å²) < 4.78 is 25.4. The Hall–Kier alpha value is -0.900. The number of carbonyl (C=O) groups excluding carboxylic acids is 2. The number of carbonyl (C=O) groups is 2. The summed E-state index contributed by atoms with van der Waals surface area (Å²) >= 11 is 0. The van der Waals surface area contributed by atoms with Crippen molar-refractivity contribution in [3.63, 3.8) is 0 Å². The van der Waals surface area contributed by atoms with E-state index in [1.54, 1.807) is 4.90 Å². The van der Waals surface area contributed by atoms with Crippen LogP contribution in [0.5, 0.6) is 0 Å². The van der Waals surface area contributed by atoms with Gasteiger partial charge in [0.2, 0.25) is 21.8 Å². The fourth-order valence-corrected chi connectivity index (χ4v) is 5.79. The lowest BCUT2D eigenvalue weighted by Crippen LogP contribution is -2.51. The minimum absolute atomic E-state index is 0. The zero-order valence-corrected chi connectivity index (χ0v) is 18.0. The van der Waals surface area contributed by atoms with Crippen LogP contribution in [0.3, 0.4) is 0 Å². The maximum atomic E-state index is 12.9. The van der Waals surface area contributed by atoms with Gasteiger partial charge in [-0.15, -0.1) is 12.4 Å². The van der Waals surface area contributed by atoms with Crippen LogP contribution in [0.1, 0.15) is 26.2 Å². The molecule has 3 heterocycles. The molecule has 3 atom stereocenters. The van der Waals surface area contributed by atoms with Gasteiger partial charge in [-0.2, -0.15) is 0 Å². The molecule has 0 aliphatic carbocycles. The first-order chi connectivity index (χ1) is 12.2. The molecule has 0 bridgehead atoms. The smallest absolute Gasteiger partial charge is 0.241 e. The first-order valence-corrected chi connectivity index (χ1v) is 11.3. The van der Waals surface area contributed by atoms with Crippen LogP contribution in [0.25, 0.3) is 0 Å². The lowest BCUT2D eigenvalue weighted by Gasteiger charge is -2.34. The minimum Gasteiger partial charge on any atom is -0.336 e. The molecule has 10 heteroatoms. The van der Waals surface area contributed by atoms with Gasteiger partial charge in [0.05, 0.1) is 30.8 Å². The SMILES string of the molecule is CCC[C@H]1C(=O)N(S(C)(=O)=O)[C@H]2CCN(C(=O)CN3CCN(C)CC3)[C@H]12.Cl. The molecule has 3 saturated heterocycles. The Bertz CT molecular complexity index is 666. The van der Waals surface area contributed by atoms with E-state index < -0.39 is 22.0 Å². The highest BCUT2D eigenvalue weighted by molar-refractivity contribution is 7.88. The molecule has 8 nitrogen and oxygen atoms in total. The second-order valence-electron chi connectivity index (χ2n) is 7.81. The number of amides is 2. The normalized spacial score (nSPS) is 29.7. The fraction of sp³-hybridized carbons (Fsp3) is 0.882. The fourth-order valence-electron chi connectivity index (χ4n) is 4.61. The van der Waals surface area contributed by atoms with Crippen LogP contribution >= 0.6 is 12.4 Å². The number of hydrogen-bond donors (Lipinski definition) is 0. The van der Waals surface area contributed by atoms with E-state index in [1.165, 1.54) is 0 Å². The van der Waals surface area contributed by atoms with E-state index in [0.29, 0.717) is 25.9 Å². The van der Waals surface area contributed by atoms with Gasteiger partial charge >= 0.3 is 0 Å². The molecule has 0 aromatic rings. The van der Waals surface area contributed by atoms with Crippen molar-refractivity contribution in [3.05, 3.63) is 0 Å². The molecule has 27 heavy (non-hydrogen) atoms. The van der Waals surface area contributed by atoms with Crippen molar-refractivity contribution in [2.24, 2.45) is 5.92 Å². The number of sulfonamides is 1. The van der Waals surface area contributed by atoms with Crippen LogP contribution < -0.4 is 0 Å². The lowest BCUT2D eigenvalue weighted by atomic mass is 9.94. The Morgan fingerprint density at radius 3 is 2.33 bits per heavy atom. The van der Waals surface area contributed by atoms with Gasteiger partial charge in [-0.3, -0.25) is 14.5 Å². The maximum Gasteiger partial charge on any atom is 0.241 e. The van der Waals surface area contributed by atoms with Crippen LogP contribution in [0.4, 0.5) is 0 Å². The average molecular weight is 423 g/mol. The highest BCUT2D eigenvalue weighted by atomic mass is 35.5. The Morgan fingerprint density at radius 2 is 1.78 bits per heavy atom. The predicted molar refractivity (Wildman–Crippen MR) is 105 cm³/mol. The predicted octanol–water partition coefficient (Wildman–Crippen LogP) is -0.157. The molecule has 3 aliphatic rings. The molecule has 3 aliphatic heterocycles. The van der Waals surface area contributed by atoms with E-state index in [0.717, 1.165) is 43.2 Å². The molecule has 3 fully saturated rings. The Balaban J connectivity index is 0.00000261. The zero-order valence-electron chi connectivity index (χ0n) is 16.3. The zero-order chi connectivity index (χ0) is 19.1. The largest absolute Gasteiger partial charge is 0.336 e. The summed E-state index contributed by atoms with van der Waals surface area (Å²) in [6.45, 7) is 6.46. The molecular formula is C17H31ClN4O4S. The summed E-state index contributed by atoms with van der Waals surface area (Å²) in [5.74, 6) is -0.716. The van der Waals surface area contributed by atoms with Crippen molar-refractivity contribution in [1.29, 1.82) is 0 Å². The number of nitrogens with zero attached hydrogens (tertiary/aromatic N) is 4. The highest BCUT2D eigenvalue weighted by Crippen LogP contribution is 2.40. The van der Waals surface area contributed by atoms with Gasteiger partial charge in [0.25, 0.3) is 0 Å². The van der Waals surface area contributed by atoms with Gasteiger partial charge in [0.15, 0.2) is 0 Å². The van der Waals surface area contributed by atoms with Gasteiger partial charge in [0, 0.05) is 32.7 Å². The molecule has 0 saturated carbocycles. The summed E-state index contributed by atoms with van der Waals surface area (Å²) in [6, 6.07) is -0.706. The summed E-state index contributed by atoms with van der Waals surface area (Å²) in [7, 11) is -1.54. The van der Waals surface area contributed by atoms with E-state index in [1.807, 2.05) is 6.92 Å². The Labute approximate surface area is 168 Å². The van der Waals surface area contributed by atoms with Gasteiger partial charge in [-0.25, -0.2) is 12.7 Å². The average Bonchev–Trinajstić information content (AvgIpc) is 3.08. The number of fused-ring (bicyclic) bond motifs is 1. The third kappa shape index (κ3) is 4.41. The molecule has 3 rings (SSSR count). The van der Waals surface area contributed by atoms with Crippen LogP contribution in [-0.2, 0) is 19.6 Å². The molecular weight excluding hydrogens is 392 g/mol. The van der Waals surface area contributed by atoms with Crippen molar-refractivity contribution in [1.82, 2.24) is 19.0 Å². The summed E-state index contributed by atoms with van der Waals surface area (Å²) in [6.07, 6.45) is 3.03. The quantitative estimate of drug-likeness (QED) is 0.612. The summed E-state index contributed by atoms with van der Waals surface area (Å²) in [4.78, 5) is 31.9. The summed E-state index contributed by atoms with van der Waals surface area (Å²) in [5.41, 5.74) is 0. The van der Waals surface area contributed by atoms with Crippen molar-refractivity contribution in [3.8, 4) is 0 Å². The van der Waals surface area contributed by atoms with Crippen molar-refractivity contribution >= 4 is 34.2 Å². The Kier molecular flexibility index (Phi) is 7.16. The van der Waals surface area contributed by atoms with Crippen LogP contribution in [0.2, 0.25) is 0 Å². The number of likely N-dealkylation sites (N-methyl/N-ethyl adjacent to an activating group) is 1. The monoisotopic (exact) mass is 422 g/mol. The topological polar surface area (TPSA) is 81.2 Å². The second-order valence-corrected chi connectivity index (χ2v) is 9.66. The van der Waals surface area contributed by atoms with Crippen molar-refractivity contribution < 1.29 is 18.0 Å². The lowest BCUT2D eigenvalue weighted by molar-refractivity contribution is -0.135. The third-order valence-electron chi connectivity index (χ3n) is 5.90. The van der Waals surface area contributed by atoms with Gasteiger partial charge < -0.3 is 9.80 Å².